The summed E-state index contributed by atoms with van der Waals surface area (Å²) in [6, 6.07) is 10.00. The molecule has 0 saturated carbocycles. The summed E-state index contributed by atoms with van der Waals surface area (Å²) in [7, 11) is 0. The van der Waals surface area contributed by atoms with E-state index in [9.17, 15) is 4.79 Å². The van der Waals surface area contributed by atoms with E-state index in [1.807, 2.05) is 44.2 Å². The number of benzene rings is 1. The summed E-state index contributed by atoms with van der Waals surface area (Å²) in [5.41, 5.74) is 0.465. The molecule has 1 amide bonds. The number of nitrogens with zero attached hydrogens (tertiary/aromatic N) is 1. The lowest BCUT2D eigenvalue weighted by Gasteiger charge is -2.13. The second kappa shape index (κ2) is 7.07. The first-order valence-corrected chi connectivity index (χ1v) is 7.60. The van der Waals surface area contributed by atoms with E-state index in [1.165, 1.54) is 0 Å². The fourth-order valence-electron chi connectivity index (χ4n) is 2.09. The van der Waals surface area contributed by atoms with Gasteiger partial charge in [-0.25, -0.2) is 4.98 Å². The lowest BCUT2D eigenvalue weighted by atomic mass is 10.1. The molecule has 0 saturated heterocycles. The van der Waals surface area contributed by atoms with Gasteiger partial charge in [-0.2, -0.15) is 0 Å². The fourth-order valence-corrected chi connectivity index (χ4v) is 2.09. The lowest BCUT2D eigenvalue weighted by molar-refractivity contribution is 0.0934. The predicted molar refractivity (Wildman–Crippen MR) is 87.7 cm³/mol. The molecule has 2 N–H and O–H groups in total. The number of nitrogens with one attached hydrogen (secondary N) is 2. The molecule has 1 atom stereocenters. The van der Waals surface area contributed by atoms with Crippen molar-refractivity contribution in [1.82, 2.24) is 10.3 Å². The number of fused-ring (bicyclic) bond motifs is 1. The molecule has 1 aromatic carbocycles. The van der Waals surface area contributed by atoms with Crippen molar-refractivity contribution in [1.29, 1.82) is 0 Å². The van der Waals surface area contributed by atoms with Crippen LogP contribution in [0.1, 0.15) is 44.1 Å². The summed E-state index contributed by atoms with van der Waals surface area (Å²) in [4.78, 5) is 16.8. The highest BCUT2D eigenvalue weighted by atomic mass is 16.1. The smallest absolute Gasteiger partial charge is 0.270 e. The van der Waals surface area contributed by atoms with Crippen LogP contribution < -0.4 is 10.6 Å². The molecular formula is C17H23N3O. The average molecular weight is 285 g/mol. The van der Waals surface area contributed by atoms with Crippen molar-refractivity contribution >= 4 is 22.5 Å². The average Bonchev–Trinajstić information content (AvgIpc) is 2.52. The number of rotatable bonds is 6. The number of aromatic nitrogens is 1. The lowest BCUT2D eigenvalue weighted by Crippen LogP contribution is -2.32. The molecule has 0 aliphatic rings. The molecule has 0 aliphatic heterocycles. The zero-order valence-electron chi connectivity index (χ0n) is 12.9. The standard InChI is InChI=1S/C17H23N3O/c1-4-10-18-16-14-9-7-6-8-13(14)11-15(20-16)17(21)19-12(3)5-2/h6-9,11-12H,4-5,10H2,1-3H3,(H,18,20)(H,19,21). The predicted octanol–water partition coefficient (Wildman–Crippen LogP) is 3.59. The monoisotopic (exact) mass is 285 g/mol. The Hall–Kier alpha value is -2.10. The number of pyridine rings is 1. The van der Waals surface area contributed by atoms with Crippen LogP contribution in [0.15, 0.2) is 30.3 Å². The molecule has 2 aromatic rings. The summed E-state index contributed by atoms with van der Waals surface area (Å²) in [6.07, 6.45) is 1.92. The molecular weight excluding hydrogens is 262 g/mol. The van der Waals surface area contributed by atoms with Crippen LogP contribution in [0.4, 0.5) is 5.82 Å². The first-order chi connectivity index (χ1) is 10.2. The molecule has 4 nitrogen and oxygen atoms in total. The van der Waals surface area contributed by atoms with Gasteiger partial charge in [-0.05, 0) is 31.2 Å². The van der Waals surface area contributed by atoms with Crippen LogP contribution in [0, 0.1) is 0 Å². The number of carbonyl (C=O) groups is 1. The van der Waals surface area contributed by atoms with E-state index >= 15 is 0 Å². The first kappa shape index (κ1) is 15.3. The first-order valence-electron chi connectivity index (χ1n) is 7.60. The Morgan fingerprint density at radius 2 is 2.05 bits per heavy atom. The van der Waals surface area contributed by atoms with Crippen LogP contribution in [0.5, 0.6) is 0 Å². The zero-order valence-corrected chi connectivity index (χ0v) is 12.9. The van der Waals surface area contributed by atoms with Gasteiger partial charge in [0.1, 0.15) is 11.5 Å². The van der Waals surface area contributed by atoms with Gasteiger partial charge in [0.2, 0.25) is 0 Å². The van der Waals surface area contributed by atoms with Crippen LogP contribution in [0.25, 0.3) is 10.8 Å². The maximum absolute atomic E-state index is 12.3. The Morgan fingerprint density at radius 3 is 2.76 bits per heavy atom. The zero-order chi connectivity index (χ0) is 15.2. The Morgan fingerprint density at radius 1 is 1.29 bits per heavy atom. The van der Waals surface area contributed by atoms with Crippen molar-refractivity contribution in [3.63, 3.8) is 0 Å². The molecule has 0 spiro atoms. The molecule has 2 rings (SSSR count). The van der Waals surface area contributed by atoms with E-state index in [0.717, 1.165) is 36.0 Å². The Kier molecular flexibility index (Phi) is 5.14. The Bertz CT molecular complexity index is 624. The van der Waals surface area contributed by atoms with Gasteiger partial charge in [-0.15, -0.1) is 0 Å². The number of hydrogen-bond acceptors (Lipinski definition) is 3. The van der Waals surface area contributed by atoms with Crippen LogP contribution in [0.3, 0.4) is 0 Å². The van der Waals surface area contributed by atoms with Crippen LogP contribution >= 0.6 is 0 Å². The fraction of sp³-hybridized carbons (Fsp3) is 0.412. The normalized spacial score (nSPS) is 12.1. The van der Waals surface area contributed by atoms with Crippen molar-refractivity contribution in [2.75, 3.05) is 11.9 Å². The third-order valence-electron chi connectivity index (χ3n) is 3.51. The van der Waals surface area contributed by atoms with Crippen LogP contribution in [0.2, 0.25) is 0 Å². The van der Waals surface area contributed by atoms with Gasteiger partial charge >= 0.3 is 0 Å². The molecule has 1 heterocycles. The van der Waals surface area contributed by atoms with Gasteiger partial charge in [0.05, 0.1) is 0 Å². The minimum atomic E-state index is -0.116. The van der Waals surface area contributed by atoms with Crippen LogP contribution in [-0.4, -0.2) is 23.5 Å². The minimum Gasteiger partial charge on any atom is -0.370 e. The highest BCUT2D eigenvalue weighted by molar-refractivity contribution is 6.00. The SMILES string of the molecule is CCCNc1nc(C(=O)NC(C)CC)cc2ccccc12. The van der Waals surface area contributed by atoms with E-state index in [-0.39, 0.29) is 11.9 Å². The summed E-state index contributed by atoms with van der Waals surface area (Å²) in [6.45, 7) is 6.99. The van der Waals surface area contributed by atoms with Gasteiger partial charge < -0.3 is 10.6 Å². The third kappa shape index (κ3) is 3.72. The van der Waals surface area contributed by atoms with E-state index in [4.69, 9.17) is 0 Å². The Balaban J connectivity index is 2.38. The summed E-state index contributed by atoms with van der Waals surface area (Å²) in [5, 5.41) is 8.35. The largest absolute Gasteiger partial charge is 0.370 e. The molecule has 1 aromatic heterocycles. The van der Waals surface area contributed by atoms with E-state index in [0.29, 0.717) is 5.69 Å². The van der Waals surface area contributed by atoms with Crippen LogP contribution in [-0.2, 0) is 0 Å². The van der Waals surface area contributed by atoms with Crippen molar-refractivity contribution in [2.24, 2.45) is 0 Å². The minimum absolute atomic E-state index is 0.116. The topological polar surface area (TPSA) is 54.0 Å². The number of carbonyl (C=O) groups excluding carboxylic acids is 1. The molecule has 0 fully saturated rings. The van der Waals surface area contributed by atoms with Gasteiger partial charge in [0.25, 0.3) is 5.91 Å². The molecule has 0 radical (unpaired) electrons. The van der Waals surface area contributed by atoms with Crippen molar-refractivity contribution < 1.29 is 4.79 Å². The quantitative estimate of drug-likeness (QED) is 0.853. The number of hydrogen-bond donors (Lipinski definition) is 2. The van der Waals surface area contributed by atoms with Crippen molar-refractivity contribution in [2.45, 2.75) is 39.7 Å². The summed E-state index contributed by atoms with van der Waals surface area (Å²) >= 11 is 0. The van der Waals surface area contributed by atoms with Gasteiger partial charge in [0, 0.05) is 18.0 Å². The molecule has 1 unspecified atom stereocenters. The highest BCUT2D eigenvalue weighted by Crippen LogP contribution is 2.22. The maximum atomic E-state index is 12.3. The van der Waals surface area contributed by atoms with E-state index in [2.05, 4.69) is 22.5 Å². The highest BCUT2D eigenvalue weighted by Gasteiger charge is 2.13. The van der Waals surface area contributed by atoms with Gasteiger partial charge in [-0.3, -0.25) is 4.79 Å². The third-order valence-corrected chi connectivity index (χ3v) is 3.51. The second-order valence-electron chi connectivity index (χ2n) is 5.29. The second-order valence-corrected chi connectivity index (χ2v) is 5.29. The number of amides is 1. The Labute approximate surface area is 126 Å². The maximum Gasteiger partial charge on any atom is 0.270 e. The number of anilines is 1. The summed E-state index contributed by atoms with van der Waals surface area (Å²) in [5.74, 6) is 0.666. The summed E-state index contributed by atoms with van der Waals surface area (Å²) < 4.78 is 0. The molecule has 0 aliphatic carbocycles. The van der Waals surface area contributed by atoms with E-state index in [1.54, 1.807) is 0 Å². The van der Waals surface area contributed by atoms with Crippen molar-refractivity contribution in [3.05, 3.63) is 36.0 Å². The van der Waals surface area contributed by atoms with Crippen molar-refractivity contribution in [3.8, 4) is 0 Å². The van der Waals surface area contributed by atoms with Gasteiger partial charge in [-0.1, -0.05) is 38.1 Å². The van der Waals surface area contributed by atoms with E-state index < -0.39 is 0 Å². The molecule has 21 heavy (non-hydrogen) atoms. The molecule has 112 valence electrons. The molecule has 4 heteroatoms. The molecule has 0 bridgehead atoms. The van der Waals surface area contributed by atoms with Gasteiger partial charge in [0.15, 0.2) is 0 Å².